The molecule has 1 saturated carbocycles. The normalized spacial score (nSPS) is 18.1. The molecule has 1 aromatic heterocycles. The van der Waals surface area contributed by atoms with Gasteiger partial charge in [-0.05, 0) is 33.6 Å². The zero-order chi connectivity index (χ0) is 14.9. The van der Waals surface area contributed by atoms with E-state index in [1.54, 1.807) is 29.2 Å². The maximum absolute atomic E-state index is 12.8. The Morgan fingerprint density at radius 2 is 1.90 bits per heavy atom. The molecule has 0 aromatic carbocycles. The Hall–Kier alpha value is -0.880. The van der Waals surface area contributed by atoms with Crippen LogP contribution in [0.1, 0.15) is 57.7 Å². The predicted octanol–water partition coefficient (Wildman–Crippen LogP) is 2.73. The standard InChI is InChI=1S/C14H25N3O2S/c1-11(2)17-10-14(12(3)15-17)20(18,19)16(4)13-8-6-5-7-9-13/h10-11,13H,5-9H2,1-4H3. The molecule has 0 aliphatic heterocycles. The van der Waals surface area contributed by atoms with Gasteiger partial charge >= 0.3 is 0 Å². The Bertz CT molecular complexity index is 557. The zero-order valence-electron chi connectivity index (χ0n) is 12.8. The highest BCUT2D eigenvalue weighted by Crippen LogP contribution is 2.27. The topological polar surface area (TPSA) is 55.2 Å². The van der Waals surface area contributed by atoms with Crippen molar-refractivity contribution >= 4 is 10.0 Å². The molecule has 1 aliphatic rings. The summed E-state index contributed by atoms with van der Waals surface area (Å²) in [5, 5.41) is 4.31. The van der Waals surface area contributed by atoms with Crippen LogP contribution in [-0.4, -0.2) is 35.6 Å². The minimum absolute atomic E-state index is 0.135. The molecule has 0 atom stereocenters. The number of aryl methyl sites for hydroxylation is 1. The second-order valence-corrected chi connectivity index (χ2v) is 7.93. The largest absolute Gasteiger partial charge is 0.269 e. The van der Waals surface area contributed by atoms with Crippen molar-refractivity contribution in [2.24, 2.45) is 0 Å². The van der Waals surface area contributed by atoms with E-state index < -0.39 is 10.0 Å². The highest BCUT2D eigenvalue weighted by Gasteiger charge is 2.31. The van der Waals surface area contributed by atoms with Crippen molar-refractivity contribution in [3.63, 3.8) is 0 Å². The average molecular weight is 299 g/mol. The molecular formula is C14H25N3O2S. The van der Waals surface area contributed by atoms with Crippen molar-refractivity contribution in [2.45, 2.75) is 69.9 Å². The summed E-state index contributed by atoms with van der Waals surface area (Å²) in [6, 6.07) is 0.299. The van der Waals surface area contributed by atoms with E-state index in [-0.39, 0.29) is 12.1 Å². The van der Waals surface area contributed by atoms with Crippen molar-refractivity contribution in [2.75, 3.05) is 7.05 Å². The third kappa shape index (κ3) is 2.91. The first kappa shape index (κ1) is 15.5. The maximum Gasteiger partial charge on any atom is 0.246 e. The molecule has 1 aromatic rings. The Morgan fingerprint density at radius 1 is 1.30 bits per heavy atom. The summed E-state index contributed by atoms with van der Waals surface area (Å²) < 4.78 is 28.8. The van der Waals surface area contributed by atoms with Gasteiger partial charge in [0.05, 0.1) is 5.69 Å². The lowest BCUT2D eigenvalue weighted by atomic mass is 9.96. The van der Waals surface area contributed by atoms with Gasteiger partial charge in [0.15, 0.2) is 0 Å². The van der Waals surface area contributed by atoms with Crippen molar-refractivity contribution in [1.82, 2.24) is 14.1 Å². The minimum Gasteiger partial charge on any atom is -0.269 e. The monoisotopic (exact) mass is 299 g/mol. The van der Waals surface area contributed by atoms with Crippen LogP contribution in [0.2, 0.25) is 0 Å². The number of hydrogen-bond donors (Lipinski definition) is 0. The SMILES string of the molecule is Cc1nn(C(C)C)cc1S(=O)(=O)N(C)C1CCCCC1. The third-order valence-corrected chi connectivity index (χ3v) is 6.16. The summed E-state index contributed by atoms with van der Waals surface area (Å²) in [5.41, 5.74) is 0.585. The van der Waals surface area contributed by atoms with E-state index in [9.17, 15) is 8.42 Å². The van der Waals surface area contributed by atoms with Gasteiger partial charge in [-0.25, -0.2) is 8.42 Å². The maximum atomic E-state index is 12.8. The van der Waals surface area contributed by atoms with E-state index in [2.05, 4.69) is 5.10 Å². The highest BCUT2D eigenvalue weighted by molar-refractivity contribution is 7.89. The molecule has 2 rings (SSSR count). The Labute approximate surface area is 122 Å². The van der Waals surface area contributed by atoms with Crippen LogP contribution in [0, 0.1) is 6.92 Å². The smallest absolute Gasteiger partial charge is 0.246 e. The number of sulfonamides is 1. The highest BCUT2D eigenvalue weighted by atomic mass is 32.2. The molecule has 20 heavy (non-hydrogen) atoms. The van der Waals surface area contributed by atoms with E-state index in [0.717, 1.165) is 25.7 Å². The molecular weight excluding hydrogens is 274 g/mol. The van der Waals surface area contributed by atoms with Crippen LogP contribution < -0.4 is 0 Å². The first-order valence-corrected chi connectivity index (χ1v) is 8.82. The van der Waals surface area contributed by atoms with Crippen LogP contribution in [-0.2, 0) is 10.0 Å². The van der Waals surface area contributed by atoms with E-state index in [1.165, 1.54) is 6.42 Å². The lowest BCUT2D eigenvalue weighted by molar-refractivity contribution is 0.285. The summed E-state index contributed by atoms with van der Waals surface area (Å²) in [6.45, 7) is 5.75. The van der Waals surface area contributed by atoms with Gasteiger partial charge in [0.1, 0.15) is 4.90 Å². The van der Waals surface area contributed by atoms with Crippen LogP contribution in [0.4, 0.5) is 0 Å². The summed E-state index contributed by atoms with van der Waals surface area (Å²) in [7, 11) is -1.73. The summed E-state index contributed by atoms with van der Waals surface area (Å²) in [5.74, 6) is 0. The van der Waals surface area contributed by atoms with Gasteiger partial charge in [-0.1, -0.05) is 19.3 Å². The quantitative estimate of drug-likeness (QED) is 0.859. The fourth-order valence-electron chi connectivity index (χ4n) is 2.78. The minimum atomic E-state index is -3.43. The molecule has 6 heteroatoms. The summed E-state index contributed by atoms with van der Waals surface area (Å²) in [4.78, 5) is 0.347. The van der Waals surface area contributed by atoms with Crippen LogP contribution in [0.25, 0.3) is 0 Å². The second-order valence-electron chi connectivity index (χ2n) is 5.97. The first-order valence-electron chi connectivity index (χ1n) is 7.38. The molecule has 1 heterocycles. The first-order chi connectivity index (χ1) is 9.34. The van der Waals surface area contributed by atoms with E-state index in [1.807, 2.05) is 13.8 Å². The Morgan fingerprint density at radius 3 is 2.40 bits per heavy atom. The van der Waals surface area contributed by atoms with Gasteiger partial charge in [-0.3, -0.25) is 4.68 Å². The number of aromatic nitrogens is 2. The number of nitrogens with zero attached hydrogens (tertiary/aromatic N) is 3. The molecule has 5 nitrogen and oxygen atoms in total. The van der Waals surface area contributed by atoms with E-state index >= 15 is 0 Å². The lowest BCUT2D eigenvalue weighted by Crippen LogP contribution is -2.38. The van der Waals surface area contributed by atoms with Gasteiger partial charge in [0.25, 0.3) is 0 Å². The molecule has 0 unspecified atom stereocenters. The van der Waals surface area contributed by atoms with E-state index in [0.29, 0.717) is 10.6 Å². The molecule has 1 fully saturated rings. The average Bonchev–Trinajstić information content (AvgIpc) is 2.82. The molecule has 1 aliphatic carbocycles. The van der Waals surface area contributed by atoms with Gasteiger partial charge in [-0.2, -0.15) is 9.40 Å². The molecule has 0 bridgehead atoms. The van der Waals surface area contributed by atoms with Gasteiger partial charge < -0.3 is 0 Å². The van der Waals surface area contributed by atoms with Gasteiger partial charge in [0, 0.05) is 25.3 Å². The van der Waals surface area contributed by atoms with Crippen molar-refractivity contribution in [1.29, 1.82) is 0 Å². The van der Waals surface area contributed by atoms with Gasteiger partial charge in [0.2, 0.25) is 10.0 Å². The fourth-order valence-corrected chi connectivity index (χ4v) is 4.35. The van der Waals surface area contributed by atoms with Crippen LogP contribution in [0.3, 0.4) is 0 Å². The second kappa shape index (κ2) is 5.85. The summed E-state index contributed by atoms with van der Waals surface area (Å²) in [6.07, 6.45) is 7.05. The molecule has 0 amide bonds. The molecule has 0 saturated heterocycles. The van der Waals surface area contributed by atoms with Crippen LogP contribution >= 0.6 is 0 Å². The van der Waals surface area contributed by atoms with Crippen LogP contribution in [0.15, 0.2) is 11.1 Å². The third-order valence-electron chi connectivity index (χ3n) is 4.15. The van der Waals surface area contributed by atoms with Gasteiger partial charge in [-0.15, -0.1) is 0 Å². The Balaban J connectivity index is 2.29. The van der Waals surface area contributed by atoms with Crippen molar-refractivity contribution < 1.29 is 8.42 Å². The summed E-state index contributed by atoms with van der Waals surface area (Å²) >= 11 is 0. The van der Waals surface area contributed by atoms with Crippen molar-refractivity contribution in [3.05, 3.63) is 11.9 Å². The zero-order valence-corrected chi connectivity index (χ0v) is 13.7. The Kier molecular flexibility index (Phi) is 4.54. The number of rotatable bonds is 4. The molecule has 0 spiro atoms. The predicted molar refractivity (Wildman–Crippen MR) is 79.2 cm³/mol. The van der Waals surface area contributed by atoms with Crippen LogP contribution in [0.5, 0.6) is 0 Å². The molecule has 0 radical (unpaired) electrons. The number of hydrogen-bond acceptors (Lipinski definition) is 3. The van der Waals surface area contributed by atoms with Crippen molar-refractivity contribution in [3.8, 4) is 0 Å². The lowest BCUT2D eigenvalue weighted by Gasteiger charge is -2.30. The fraction of sp³-hybridized carbons (Fsp3) is 0.786. The molecule has 114 valence electrons. The molecule has 0 N–H and O–H groups in total. The van der Waals surface area contributed by atoms with E-state index in [4.69, 9.17) is 0 Å².